The lowest BCUT2D eigenvalue weighted by Crippen LogP contribution is -2.47. The van der Waals surface area contributed by atoms with Crippen LogP contribution >= 0.6 is 11.6 Å². The van der Waals surface area contributed by atoms with Crippen molar-refractivity contribution in [3.63, 3.8) is 0 Å². The van der Waals surface area contributed by atoms with Gasteiger partial charge in [0, 0.05) is 83.2 Å². The number of nitrogens with zero attached hydrogens (tertiary/aromatic N) is 7. The highest BCUT2D eigenvalue weighted by atomic mass is 35.5. The monoisotopic (exact) mass is 666 g/mol. The van der Waals surface area contributed by atoms with Gasteiger partial charge in [-0.3, -0.25) is 14.3 Å². The third kappa shape index (κ3) is 8.29. The molecule has 5 rings (SSSR count). The summed E-state index contributed by atoms with van der Waals surface area (Å²) < 4.78 is 22.7. The van der Waals surface area contributed by atoms with E-state index >= 15 is 0 Å². The van der Waals surface area contributed by atoms with Crippen LogP contribution in [0.1, 0.15) is 16.2 Å². The molecule has 1 aliphatic rings. The van der Waals surface area contributed by atoms with Gasteiger partial charge in [-0.2, -0.15) is 10.2 Å². The topological polar surface area (TPSA) is 91.6 Å². The lowest BCUT2D eigenvalue weighted by atomic mass is 10.1. The van der Waals surface area contributed by atoms with E-state index in [2.05, 4.69) is 57.0 Å². The predicted molar refractivity (Wildman–Crippen MR) is 185 cm³/mol. The Kier molecular flexibility index (Phi) is 10.7. The second-order valence-electron chi connectivity index (χ2n) is 13.3. The maximum absolute atomic E-state index is 14.7. The van der Waals surface area contributed by atoms with Crippen LogP contribution in [0.15, 0.2) is 42.6 Å². The number of aryl methyl sites for hydroxylation is 1. The summed E-state index contributed by atoms with van der Waals surface area (Å²) in [6.07, 6.45) is 1.70. The van der Waals surface area contributed by atoms with E-state index in [9.17, 15) is 9.18 Å². The van der Waals surface area contributed by atoms with Crippen molar-refractivity contribution in [3.05, 3.63) is 64.8 Å². The number of halogens is 2. The van der Waals surface area contributed by atoms with E-state index in [1.165, 1.54) is 18.2 Å². The summed E-state index contributed by atoms with van der Waals surface area (Å²) in [7, 11) is 2.69. The molecule has 46 heavy (non-hydrogen) atoms. The summed E-state index contributed by atoms with van der Waals surface area (Å²) in [5, 5.41) is 13.1. The molecule has 0 bridgehead atoms. The summed E-state index contributed by atoms with van der Waals surface area (Å²) in [6.45, 7) is 15.1. The second kappa shape index (κ2) is 14.6. The summed E-state index contributed by atoms with van der Waals surface area (Å²) >= 11 is 6.15. The number of nitrogens with one attached hydrogen (secondary N) is 1. The fourth-order valence-electron chi connectivity index (χ4n) is 5.31. The Hall–Kier alpha value is -3.42. The summed E-state index contributed by atoms with van der Waals surface area (Å²) in [5.74, 6) is -0.529. The average Bonchev–Trinajstić information content (AvgIpc) is 3.39. The fraction of sp³-hybridized carbons (Fsp3) is 0.455. The molecule has 1 aromatic carbocycles. The van der Waals surface area contributed by atoms with Gasteiger partial charge in [0.25, 0.3) is 5.91 Å². The Morgan fingerprint density at radius 3 is 2.59 bits per heavy atom. The first-order valence-electron chi connectivity index (χ1n) is 15.7. The second-order valence-corrected chi connectivity index (χ2v) is 19.3. The van der Waals surface area contributed by atoms with Crippen LogP contribution in [0.3, 0.4) is 0 Å². The fourth-order valence-corrected chi connectivity index (χ4v) is 6.24. The van der Waals surface area contributed by atoms with Crippen molar-refractivity contribution in [3.8, 4) is 11.3 Å². The van der Waals surface area contributed by atoms with Gasteiger partial charge in [-0.05, 0) is 56.4 Å². The number of carbonyl (C=O) groups is 1. The molecule has 0 saturated carbocycles. The number of carbonyl (C=O) groups excluding carboxylic acids is 1. The number of hydrogen-bond acceptors (Lipinski definition) is 8. The zero-order chi connectivity index (χ0) is 33.0. The molecule has 4 heterocycles. The van der Waals surface area contributed by atoms with Crippen molar-refractivity contribution < 1.29 is 13.9 Å². The number of piperazine rings is 1. The SMILES string of the molecule is Cc1nnc(-c2cc(Cl)ccc2F)cc1Nc1ccnc2c1cc(C(=O)N(C)CCN1CCN(C)CC1)n2COCC[Si](C)(C)C. The van der Waals surface area contributed by atoms with Gasteiger partial charge in [-0.15, -0.1) is 0 Å². The number of amides is 1. The summed E-state index contributed by atoms with van der Waals surface area (Å²) in [5.41, 5.74) is 3.76. The molecule has 4 aromatic rings. The third-order valence-electron chi connectivity index (χ3n) is 8.38. The van der Waals surface area contributed by atoms with Crippen LogP contribution < -0.4 is 5.32 Å². The number of likely N-dealkylation sites (N-methyl/N-ethyl adjacent to an activating group) is 2. The molecule has 0 unspecified atom stereocenters. The molecule has 0 radical (unpaired) electrons. The number of pyridine rings is 1. The largest absolute Gasteiger partial charge is 0.361 e. The normalized spacial score (nSPS) is 14.6. The minimum absolute atomic E-state index is 0.0904. The standard InChI is InChI=1S/C33H44ClFN8O2Si/c1-23-29(21-30(39-38-23)25-19-24(34)7-8-27(25)35)37-28-9-10-36-32-26(28)20-31(43(32)22-45-17-18-46(4,5)6)33(44)41(3)13-16-42-14-11-40(2)12-15-42/h7-10,19-21H,11-18,22H2,1-6H3,(H,36,37,39). The summed E-state index contributed by atoms with van der Waals surface area (Å²) in [4.78, 5) is 25.1. The van der Waals surface area contributed by atoms with Crippen LogP contribution in [0.5, 0.6) is 0 Å². The quantitative estimate of drug-likeness (QED) is 0.146. The molecule has 1 aliphatic heterocycles. The minimum Gasteiger partial charge on any atom is -0.361 e. The molecule has 0 spiro atoms. The highest BCUT2D eigenvalue weighted by Gasteiger charge is 2.23. The highest BCUT2D eigenvalue weighted by molar-refractivity contribution is 6.76. The van der Waals surface area contributed by atoms with E-state index in [0.29, 0.717) is 46.6 Å². The lowest BCUT2D eigenvalue weighted by molar-refractivity contribution is 0.0687. The van der Waals surface area contributed by atoms with Crippen LogP contribution in [0.2, 0.25) is 30.7 Å². The molecule has 3 aromatic heterocycles. The average molecular weight is 667 g/mol. The van der Waals surface area contributed by atoms with E-state index in [-0.39, 0.29) is 18.2 Å². The maximum atomic E-state index is 14.7. The van der Waals surface area contributed by atoms with Crippen molar-refractivity contribution in [1.29, 1.82) is 0 Å². The Morgan fingerprint density at radius 1 is 1.09 bits per heavy atom. The van der Waals surface area contributed by atoms with Crippen molar-refractivity contribution in [2.24, 2.45) is 0 Å². The first kappa shape index (κ1) is 33.9. The zero-order valence-corrected chi connectivity index (χ0v) is 29.4. The van der Waals surface area contributed by atoms with E-state index < -0.39 is 13.9 Å². The lowest BCUT2D eigenvalue weighted by Gasteiger charge is -2.33. The first-order chi connectivity index (χ1) is 21.9. The van der Waals surface area contributed by atoms with Gasteiger partial charge in [0.1, 0.15) is 23.9 Å². The minimum atomic E-state index is -1.30. The number of aromatic nitrogens is 4. The van der Waals surface area contributed by atoms with Crippen LogP contribution in [-0.2, 0) is 11.5 Å². The van der Waals surface area contributed by atoms with Gasteiger partial charge in [-0.25, -0.2) is 9.37 Å². The summed E-state index contributed by atoms with van der Waals surface area (Å²) in [6, 6.07) is 10.8. The van der Waals surface area contributed by atoms with Gasteiger partial charge >= 0.3 is 0 Å². The molecule has 0 atom stereocenters. The molecule has 1 saturated heterocycles. The van der Waals surface area contributed by atoms with Crippen molar-refractivity contribution in [2.45, 2.75) is 39.3 Å². The molecule has 13 heteroatoms. The number of hydrogen-bond donors (Lipinski definition) is 1. The molecule has 10 nitrogen and oxygen atoms in total. The first-order valence-corrected chi connectivity index (χ1v) is 19.8. The molecule has 246 valence electrons. The third-order valence-corrected chi connectivity index (χ3v) is 10.3. The van der Waals surface area contributed by atoms with E-state index in [4.69, 9.17) is 16.3 Å². The zero-order valence-electron chi connectivity index (χ0n) is 27.6. The van der Waals surface area contributed by atoms with Gasteiger partial charge < -0.3 is 19.9 Å². The molecule has 1 amide bonds. The maximum Gasteiger partial charge on any atom is 0.270 e. The van der Waals surface area contributed by atoms with Crippen molar-refractivity contribution in [2.75, 3.05) is 65.3 Å². The van der Waals surface area contributed by atoms with E-state index in [1.54, 1.807) is 17.2 Å². The Bertz CT molecular complexity index is 1690. The predicted octanol–water partition coefficient (Wildman–Crippen LogP) is 5.97. The van der Waals surface area contributed by atoms with Crippen molar-refractivity contribution in [1.82, 2.24) is 34.4 Å². The Morgan fingerprint density at radius 2 is 1.85 bits per heavy atom. The van der Waals surface area contributed by atoms with Crippen LogP contribution in [0, 0.1) is 12.7 Å². The van der Waals surface area contributed by atoms with Crippen molar-refractivity contribution >= 4 is 48.0 Å². The van der Waals surface area contributed by atoms with Gasteiger partial charge in [0.15, 0.2) is 0 Å². The number of ether oxygens (including phenoxy) is 1. The van der Waals surface area contributed by atoms with E-state index in [0.717, 1.165) is 49.8 Å². The van der Waals surface area contributed by atoms with Crippen LogP contribution in [-0.4, -0.2) is 108 Å². The number of rotatable bonds is 12. The van der Waals surface area contributed by atoms with E-state index in [1.807, 2.05) is 30.7 Å². The molecular formula is C33H44ClFN8O2Si. The van der Waals surface area contributed by atoms with Gasteiger partial charge in [0.05, 0.1) is 22.8 Å². The van der Waals surface area contributed by atoms with Gasteiger partial charge in [0.2, 0.25) is 0 Å². The van der Waals surface area contributed by atoms with Crippen LogP contribution in [0.25, 0.3) is 22.3 Å². The molecule has 1 N–H and O–H groups in total. The molecular weight excluding hydrogens is 623 g/mol. The number of anilines is 2. The Balaban J connectivity index is 1.44. The van der Waals surface area contributed by atoms with Gasteiger partial charge in [-0.1, -0.05) is 31.2 Å². The Labute approximate surface area is 276 Å². The van der Waals surface area contributed by atoms with Crippen LogP contribution in [0.4, 0.5) is 15.8 Å². The molecule has 0 aliphatic carbocycles. The smallest absolute Gasteiger partial charge is 0.270 e. The number of benzene rings is 1. The highest BCUT2D eigenvalue weighted by Crippen LogP contribution is 2.32. The molecule has 1 fully saturated rings. The number of fused-ring (bicyclic) bond motifs is 1.